The average Bonchev–Trinajstić information content (AvgIpc) is 3.06. The molecule has 1 aliphatic heterocycles. The third kappa shape index (κ3) is 22.3. The second-order valence-electron chi connectivity index (χ2n) is 18.2. The van der Waals surface area contributed by atoms with Crippen molar-refractivity contribution >= 4 is 29.8 Å². The molecule has 13 heteroatoms. The number of hydrogen-bond donors (Lipinski definition) is 1. The van der Waals surface area contributed by atoms with Crippen LogP contribution in [-0.2, 0) is 42.9 Å². The molecule has 1 aliphatic rings. The van der Waals surface area contributed by atoms with E-state index in [1.54, 1.807) is 41.5 Å². The molecule has 52 heavy (non-hydrogen) atoms. The van der Waals surface area contributed by atoms with Crippen molar-refractivity contribution in [2.24, 2.45) is 0 Å². The van der Waals surface area contributed by atoms with Gasteiger partial charge < -0.3 is 24.1 Å². The lowest BCUT2D eigenvalue weighted by Crippen LogP contribution is -2.62. The highest BCUT2D eigenvalue weighted by Crippen LogP contribution is 2.30. The molecule has 0 radical (unpaired) electrons. The molecule has 0 amide bonds. The summed E-state index contributed by atoms with van der Waals surface area (Å²) < 4.78 is 22.9. The largest absolute Gasteiger partial charge is 0.481 e. The van der Waals surface area contributed by atoms with Crippen molar-refractivity contribution in [2.75, 3.05) is 52.4 Å². The van der Waals surface area contributed by atoms with Gasteiger partial charge in [0.2, 0.25) is 0 Å². The summed E-state index contributed by atoms with van der Waals surface area (Å²) >= 11 is 0. The van der Waals surface area contributed by atoms with Gasteiger partial charge in [0.25, 0.3) is 0 Å². The standard InChI is InChI=1S/C39H71N3O10/c1-35(2,3)49-31(45)24-40-22-23-41(25-32(46)50-36(4,5)6)29-39(28-40,21-19-17-15-13-14-16-18-20-30(43)44)42(26-33(47)51-37(7,8)9)27-34(48)52-38(10,11)12/h13-29H2,1-12H3,(H,43,44). The Bertz CT molecular complexity index is 1090. The summed E-state index contributed by atoms with van der Waals surface area (Å²) in [6.45, 7) is 22.7. The Hall–Kier alpha value is -2.77. The van der Waals surface area contributed by atoms with Gasteiger partial charge in [-0.2, -0.15) is 0 Å². The second-order valence-corrected chi connectivity index (χ2v) is 18.2. The molecule has 302 valence electrons. The van der Waals surface area contributed by atoms with Crippen LogP contribution in [-0.4, -0.2) is 130 Å². The number of carboxylic acid groups (broad SMARTS) is 1. The molecule has 0 unspecified atom stereocenters. The number of aliphatic carboxylic acids is 1. The Balaban J connectivity index is 3.62. The first-order chi connectivity index (χ1) is 23.7. The van der Waals surface area contributed by atoms with Crippen LogP contribution < -0.4 is 0 Å². The van der Waals surface area contributed by atoms with E-state index in [-0.39, 0.29) is 32.6 Å². The second kappa shape index (κ2) is 20.6. The van der Waals surface area contributed by atoms with Crippen molar-refractivity contribution in [1.29, 1.82) is 0 Å². The lowest BCUT2D eigenvalue weighted by molar-refractivity contribution is -0.166. The molecule has 0 aromatic carbocycles. The van der Waals surface area contributed by atoms with Crippen LogP contribution in [0.5, 0.6) is 0 Å². The van der Waals surface area contributed by atoms with Crippen LogP contribution in [0.15, 0.2) is 0 Å². The van der Waals surface area contributed by atoms with Crippen molar-refractivity contribution < 1.29 is 48.0 Å². The number of unbranched alkanes of at least 4 members (excludes halogenated alkanes) is 6. The molecule has 0 atom stereocenters. The summed E-state index contributed by atoms with van der Waals surface area (Å²) in [7, 11) is 0. The molecule has 0 bridgehead atoms. The summed E-state index contributed by atoms with van der Waals surface area (Å²) in [5.74, 6) is -2.57. The minimum atomic E-state index is -0.893. The van der Waals surface area contributed by atoms with Crippen LogP contribution >= 0.6 is 0 Å². The molecular formula is C39H71N3O10. The summed E-state index contributed by atoms with van der Waals surface area (Å²) in [6, 6.07) is 0. The lowest BCUT2D eigenvalue weighted by Gasteiger charge is -2.46. The van der Waals surface area contributed by atoms with E-state index in [4.69, 9.17) is 24.1 Å². The van der Waals surface area contributed by atoms with Crippen molar-refractivity contribution in [3.63, 3.8) is 0 Å². The van der Waals surface area contributed by atoms with E-state index >= 15 is 0 Å². The quantitative estimate of drug-likeness (QED) is 0.0993. The van der Waals surface area contributed by atoms with Crippen molar-refractivity contribution in [3.05, 3.63) is 0 Å². The average molecular weight is 742 g/mol. The van der Waals surface area contributed by atoms with E-state index in [2.05, 4.69) is 0 Å². The molecule has 0 aromatic heterocycles. The Morgan fingerprint density at radius 3 is 1.21 bits per heavy atom. The van der Waals surface area contributed by atoms with Crippen molar-refractivity contribution in [1.82, 2.24) is 14.7 Å². The number of esters is 4. The minimum absolute atomic E-state index is 0.0116. The summed E-state index contributed by atoms with van der Waals surface area (Å²) in [5, 5.41) is 8.93. The van der Waals surface area contributed by atoms with Crippen LogP contribution in [0.25, 0.3) is 0 Å². The van der Waals surface area contributed by atoms with Gasteiger partial charge >= 0.3 is 29.8 Å². The molecule has 1 rings (SSSR count). The Labute approximate surface area is 313 Å². The van der Waals surface area contributed by atoms with E-state index in [1.807, 2.05) is 56.2 Å². The molecule has 0 aromatic rings. The number of carbonyl (C=O) groups is 5. The molecule has 13 nitrogen and oxygen atoms in total. The SMILES string of the molecule is CC(C)(C)OC(=O)CN1CCN(CC(=O)OC(C)(C)C)CC(CCCCCCCCCC(=O)O)(N(CC(=O)OC(C)(C)C)CC(=O)OC(C)(C)C)C1. The first-order valence-electron chi connectivity index (χ1n) is 19.0. The Morgan fingerprint density at radius 1 is 0.538 bits per heavy atom. The third-order valence-corrected chi connectivity index (χ3v) is 8.00. The van der Waals surface area contributed by atoms with Gasteiger partial charge in [-0.05, 0) is 95.9 Å². The lowest BCUT2D eigenvalue weighted by atomic mass is 9.88. The highest BCUT2D eigenvalue weighted by molar-refractivity contribution is 5.76. The number of carboxylic acids is 1. The van der Waals surface area contributed by atoms with Crippen LogP contribution in [0, 0.1) is 0 Å². The molecule has 1 heterocycles. The summed E-state index contributed by atoms with van der Waals surface area (Å²) in [6.07, 6.45) is 6.68. The number of hydrogen-bond acceptors (Lipinski definition) is 12. The van der Waals surface area contributed by atoms with E-state index < -0.39 is 57.8 Å². The maximum atomic E-state index is 13.6. The van der Waals surface area contributed by atoms with Gasteiger partial charge in [0.05, 0.1) is 26.2 Å². The zero-order valence-electron chi connectivity index (χ0n) is 34.5. The maximum absolute atomic E-state index is 13.6. The fraction of sp³-hybridized carbons (Fsp3) is 0.872. The smallest absolute Gasteiger partial charge is 0.320 e. The van der Waals surface area contributed by atoms with Gasteiger partial charge in [-0.25, -0.2) is 0 Å². The predicted molar refractivity (Wildman–Crippen MR) is 200 cm³/mol. The first kappa shape index (κ1) is 47.3. The molecule has 0 saturated carbocycles. The topological polar surface area (TPSA) is 152 Å². The number of nitrogens with zero attached hydrogens (tertiary/aromatic N) is 3. The zero-order valence-corrected chi connectivity index (χ0v) is 34.5. The fourth-order valence-corrected chi connectivity index (χ4v) is 6.29. The van der Waals surface area contributed by atoms with E-state index in [0.29, 0.717) is 39.0 Å². The molecular weight excluding hydrogens is 670 g/mol. The van der Waals surface area contributed by atoms with Crippen LogP contribution in [0.3, 0.4) is 0 Å². The molecule has 0 aliphatic carbocycles. The van der Waals surface area contributed by atoms with Crippen molar-refractivity contribution in [2.45, 2.75) is 169 Å². The van der Waals surface area contributed by atoms with E-state index in [9.17, 15) is 24.0 Å². The van der Waals surface area contributed by atoms with Gasteiger partial charge in [0, 0.05) is 38.1 Å². The fourth-order valence-electron chi connectivity index (χ4n) is 6.29. The van der Waals surface area contributed by atoms with E-state index in [1.165, 1.54) is 0 Å². The third-order valence-electron chi connectivity index (χ3n) is 8.00. The molecule has 1 fully saturated rings. The zero-order chi connectivity index (χ0) is 40.0. The molecule has 0 spiro atoms. The van der Waals surface area contributed by atoms with Gasteiger partial charge in [0.15, 0.2) is 0 Å². The first-order valence-corrected chi connectivity index (χ1v) is 19.0. The number of carbonyl (C=O) groups excluding carboxylic acids is 4. The number of rotatable bonds is 19. The van der Waals surface area contributed by atoms with Crippen LogP contribution in [0.2, 0.25) is 0 Å². The number of ether oxygens (including phenoxy) is 4. The highest BCUT2D eigenvalue weighted by atomic mass is 16.6. The molecule has 1 N–H and O–H groups in total. The predicted octanol–water partition coefficient (Wildman–Crippen LogP) is 5.61. The van der Waals surface area contributed by atoms with Gasteiger partial charge in [0.1, 0.15) is 22.4 Å². The van der Waals surface area contributed by atoms with Gasteiger partial charge in [-0.15, -0.1) is 0 Å². The maximum Gasteiger partial charge on any atom is 0.320 e. The summed E-state index contributed by atoms with van der Waals surface area (Å²) in [4.78, 5) is 70.2. The monoisotopic (exact) mass is 742 g/mol. The van der Waals surface area contributed by atoms with Crippen LogP contribution in [0.4, 0.5) is 0 Å². The molecule has 1 saturated heterocycles. The minimum Gasteiger partial charge on any atom is -0.481 e. The Kier molecular flexibility index (Phi) is 18.7. The van der Waals surface area contributed by atoms with E-state index in [0.717, 1.165) is 38.5 Å². The highest BCUT2D eigenvalue weighted by Gasteiger charge is 2.45. The van der Waals surface area contributed by atoms with Gasteiger partial charge in [-0.1, -0.05) is 38.5 Å². The van der Waals surface area contributed by atoms with Crippen LogP contribution in [0.1, 0.15) is 141 Å². The normalized spacial score (nSPS) is 16.2. The van der Waals surface area contributed by atoms with Gasteiger partial charge in [-0.3, -0.25) is 38.7 Å². The summed E-state index contributed by atoms with van der Waals surface area (Å²) in [5.41, 5.74) is -3.79. The van der Waals surface area contributed by atoms with Crippen molar-refractivity contribution in [3.8, 4) is 0 Å². The Morgan fingerprint density at radius 2 is 0.865 bits per heavy atom.